The number of carbonyl (C=O) groups is 1. The highest BCUT2D eigenvalue weighted by atomic mass is 32.1. The Bertz CT molecular complexity index is 682. The van der Waals surface area contributed by atoms with Gasteiger partial charge in [0.15, 0.2) is 0 Å². The Kier molecular flexibility index (Phi) is 3.95. The zero-order chi connectivity index (χ0) is 15.0. The SMILES string of the molecule is Cc1c(C(=O)NC2CCCCC2O)sc2ccc(F)cc12. The van der Waals surface area contributed by atoms with E-state index in [0.717, 1.165) is 41.3 Å². The molecule has 1 aromatic carbocycles. The first-order valence-electron chi connectivity index (χ1n) is 7.24. The van der Waals surface area contributed by atoms with E-state index in [1.54, 1.807) is 6.07 Å². The molecule has 21 heavy (non-hydrogen) atoms. The third-order valence-electron chi connectivity index (χ3n) is 4.15. The average molecular weight is 307 g/mol. The number of carbonyl (C=O) groups excluding carboxylic acids is 1. The van der Waals surface area contributed by atoms with Gasteiger partial charge >= 0.3 is 0 Å². The van der Waals surface area contributed by atoms with E-state index in [2.05, 4.69) is 5.32 Å². The van der Waals surface area contributed by atoms with Gasteiger partial charge in [0.05, 0.1) is 17.0 Å². The van der Waals surface area contributed by atoms with Crippen LogP contribution in [0.15, 0.2) is 18.2 Å². The number of fused-ring (bicyclic) bond motifs is 1. The van der Waals surface area contributed by atoms with Crippen molar-refractivity contribution in [1.82, 2.24) is 5.32 Å². The molecule has 1 amide bonds. The summed E-state index contributed by atoms with van der Waals surface area (Å²) >= 11 is 1.37. The molecule has 3 rings (SSSR count). The Hall–Kier alpha value is -1.46. The van der Waals surface area contributed by atoms with Crippen LogP contribution in [-0.2, 0) is 0 Å². The fourth-order valence-corrected chi connectivity index (χ4v) is 4.02. The number of aryl methyl sites for hydroxylation is 1. The predicted octanol–water partition coefficient (Wildman–Crippen LogP) is 3.38. The maximum Gasteiger partial charge on any atom is 0.261 e. The highest BCUT2D eigenvalue weighted by Crippen LogP contribution is 2.31. The normalized spacial score (nSPS) is 22.4. The fraction of sp³-hybridized carbons (Fsp3) is 0.438. The lowest BCUT2D eigenvalue weighted by atomic mass is 9.92. The molecular weight excluding hydrogens is 289 g/mol. The minimum atomic E-state index is -0.463. The van der Waals surface area contributed by atoms with Crippen molar-refractivity contribution in [1.29, 1.82) is 0 Å². The summed E-state index contributed by atoms with van der Waals surface area (Å²) in [5, 5.41) is 13.7. The molecule has 0 bridgehead atoms. The minimum Gasteiger partial charge on any atom is -0.391 e. The molecule has 0 aliphatic heterocycles. The van der Waals surface area contributed by atoms with Crippen LogP contribution in [0.4, 0.5) is 4.39 Å². The summed E-state index contributed by atoms with van der Waals surface area (Å²) in [6, 6.07) is 4.40. The van der Waals surface area contributed by atoms with Crippen LogP contribution in [0.25, 0.3) is 10.1 Å². The highest BCUT2D eigenvalue weighted by molar-refractivity contribution is 7.21. The maximum absolute atomic E-state index is 13.3. The first kappa shape index (κ1) is 14.5. The van der Waals surface area contributed by atoms with Crippen LogP contribution in [0, 0.1) is 12.7 Å². The number of aliphatic hydroxyl groups excluding tert-OH is 1. The van der Waals surface area contributed by atoms with E-state index in [4.69, 9.17) is 0 Å². The lowest BCUT2D eigenvalue weighted by Gasteiger charge is -2.28. The minimum absolute atomic E-state index is 0.167. The Morgan fingerprint density at radius 2 is 2.14 bits per heavy atom. The van der Waals surface area contributed by atoms with Gasteiger partial charge in [0.1, 0.15) is 5.82 Å². The van der Waals surface area contributed by atoms with Gasteiger partial charge in [-0.1, -0.05) is 12.8 Å². The molecule has 1 aliphatic rings. The van der Waals surface area contributed by atoms with Gasteiger partial charge < -0.3 is 10.4 Å². The second-order valence-corrected chi connectivity index (χ2v) is 6.68. The van der Waals surface area contributed by atoms with Crippen molar-refractivity contribution in [3.8, 4) is 0 Å². The van der Waals surface area contributed by atoms with Crippen molar-refractivity contribution in [2.45, 2.75) is 44.8 Å². The quantitative estimate of drug-likeness (QED) is 0.893. The van der Waals surface area contributed by atoms with E-state index in [-0.39, 0.29) is 17.8 Å². The molecule has 2 atom stereocenters. The Balaban J connectivity index is 1.86. The van der Waals surface area contributed by atoms with E-state index in [0.29, 0.717) is 4.88 Å². The first-order valence-corrected chi connectivity index (χ1v) is 8.05. The third kappa shape index (κ3) is 2.80. The number of hydrogen-bond acceptors (Lipinski definition) is 3. The van der Waals surface area contributed by atoms with Gasteiger partial charge in [-0.25, -0.2) is 4.39 Å². The van der Waals surface area contributed by atoms with Crippen molar-refractivity contribution in [3.63, 3.8) is 0 Å². The summed E-state index contributed by atoms with van der Waals surface area (Å²) < 4.78 is 14.2. The molecule has 1 aromatic heterocycles. The zero-order valence-electron chi connectivity index (χ0n) is 11.9. The molecule has 2 unspecified atom stereocenters. The molecule has 1 fully saturated rings. The van der Waals surface area contributed by atoms with Crippen LogP contribution in [0.5, 0.6) is 0 Å². The molecule has 1 aliphatic carbocycles. The van der Waals surface area contributed by atoms with Crippen molar-refractivity contribution in [3.05, 3.63) is 34.5 Å². The van der Waals surface area contributed by atoms with E-state index in [1.165, 1.54) is 23.5 Å². The molecular formula is C16H18FNO2S. The van der Waals surface area contributed by atoms with Crippen LogP contribution < -0.4 is 5.32 Å². The molecule has 0 spiro atoms. The summed E-state index contributed by atoms with van der Waals surface area (Å²) in [4.78, 5) is 13.0. The van der Waals surface area contributed by atoms with Crippen LogP contribution in [0.1, 0.15) is 40.9 Å². The number of aliphatic hydroxyl groups is 1. The number of hydrogen-bond donors (Lipinski definition) is 2. The number of nitrogens with one attached hydrogen (secondary N) is 1. The van der Waals surface area contributed by atoms with Crippen molar-refractivity contribution in [2.75, 3.05) is 0 Å². The van der Waals surface area contributed by atoms with Crippen LogP contribution in [0.2, 0.25) is 0 Å². The van der Waals surface area contributed by atoms with Crippen molar-refractivity contribution < 1.29 is 14.3 Å². The molecule has 3 nitrogen and oxygen atoms in total. The van der Waals surface area contributed by atoms with Gasteiger partial charge in [-0.15, -0.1) is 11.3 Å². The topological polar surface area (TPSA) is 49.3 Å². The van der Waals surface area contributed by atoms with Gasteiger partial charge in [0.2, 0.25) is 0 Å². The van der Waals surface area contributed by atoms with Gasteiger partial charge in [0.25, 0.3) is 5.91 Å². The molecule has 5 heteroatoms. The molecule has 0 saturated heterocycles. The number of amides is 1. The zero-order valence-corrected chi connectivity index (χ0v) is 12.7. The number of rotatable bonds is 2. The molecule has 112 valence electrons. The molecule has 2 N–H and O–H groups in total. The van der Waals surface area contributed by atoms with E-state index >= 15 is 0 Å². The fourth-order valence-electron chi connectivity index (χ4n) is 2.92. The Morgan fingerprint density at radius 3 is 2.90 bits per heavy atom. The number of benzene rings is 1. The number of halogens is 1. The standard InChI is InChI=1S/C16H18FNO2S/c1-9-11-8-10(17)6-7-14(11)21-15(9)16(20)18-12-4-2-3-5-13(12)19/h6-8,12-13,19H,2-5H2,1H3,(H,18,20). The second kappa shape index (κ2) is 5.73. The van der Waals surface area contributed by atoms with E-state index in [1.807, 2.05) is 6.92 Å². The van der Waals surface area contributed by atoms with Gasteiger partial charge in [-0.05, 0) is 48.9 Å². The largest absolute Gasteiger partial charge is 0.391 e. The summed E-state index contributed by atoms with van der Waals surface area (Å²) in [5.41, 5.74) is 0.803. The van der Waals surface area contributed by atoms with Gasteiger partial charge in [0, 0.05) is 4.70 Å². The van der Waals surface area contributed by atoms with Crippen molar-refractivity contribution in [2.24, 2.45) is 0 Å². The molecule has 1 saturated carbocycles. The van der Waals surface area contributed by atoms with Gasteiger partial charge in [-0.2, -0.15) is 0 Å². The summed E-state index contributed by atoms with van der Waals surface area (Å²) in [6.45, 7) is 1.84. The lowest BCUT2D eigenvalue weighted by Crippen LogP contribution is -2.45. The average Bonchev–Trinajstić information content (AvgIpc) is 2.79. The Morgan fingerprint density at radius 1 is 1.38 bits per heavy atom. The highest BCUT2D eigenvalue weighted by Gasteiger charge is 2.26. The van der Waals surface area contributed by atoms with Crippen LogP contribution in [0.3, 0.4) is 0 Å². The third-order valence-corrected chi connectivity index (χ3v) is 5.42. The van der Waals surface area contributed by atoms with Gasteiger partial charge in [-0.3, -0.25) is 4.79 Å². The summed E-state index contributed by atoms with van der Waals surface area (Å²) in [7, 11) is 0. The Labute approximate surface area is 126 Å². The first-order chi connectivity index (χ1) is 10.1. The van der Waals surface area contributed by atoms with Crippen LogP contribution >= 0.6 is 11.3 Å². The lowest BCUT2D eigenvalue weighted by molar-refractivity contribution is 0.0720. The van der Waals surface area contributed by atoms with Crippen molar-refractivity contribution >= 4 is 27.3 Å². The molecule has 0 radical (unpaired) electrons. The predicted molar refractivity (Wildman–Crippen MR) is 82.2 cm³/mol. The molecule has 1 heterocycles. The number of thiophene rings is 1. The smallest absolute Gasteiger partial charge is 0.261 e. The monoisotopic (exact) mass is 307 g/mol. The van der Waals surface area contributed by atoms with E-state index in [9.17, 15) is 14.3 Å². The summed E-state index contributed by atoms with van der Waals surface area (Å²) in [5.74, 6) is -0.460. The maximum atomic E-state index is 13.3. The van der Waals surface area contributed by atoms with E-state index < -0.39 is 6.10 Å². The summed E-state index contributed by atoms with van der Waals surface area (Å²) in [6.07, 6.45) is 3.12. The molecule has 2 aromatic rings. The second-order valence-electron chi connectivity index (χ2n) is 5.63. The van der Waals surface area contributed by atoms with Crippen LogP contribution in [-0.4, -0.2) is 23.2 Å².